The maximum absolute atomic E-state index is 14.5. The molecule has 1 saturated heterocycles. The van der Waals surface area contributed by atoms with Gasteiger partial charge in [0, 0.05) is 31.5 Å². The molecule has 0 bridgehead atoms. The Morgan fingerprint density at radius 1 is 1.21 bits per heavy atom. The van der Waals surface area contributed by atoms with Gasteiger partial charge in [0.1, 0.15) is 16.5 Å². The smallest absolute Gasteiger partial charge is 0.269 e. The molecule has 9 nitrogen and oxygen atoms in total. The fraction of sp³-hybridized carbons (Fsp3) is 0.227. The van der Waals surface area contributed by atoms with E-state index in [1.807, 2.05) is 0 Å². The maximum Gasteiger partial charge on any atom is 0.269 e. The monoisotopic (exact) mass is 486 g/mol. The number of carbonyl (C=O) groups is 1. The van der Waals surface area contributed by atoms with Gasteiger partial charge in [0.2, 0.25) is 0 Å². The molecule has 5 rings (SSSR count). The van der Waals surface area contributed by atoms with Crippen LogP contribution in [0.2, 0.25) is 0 Å². The number of sulfonamides is 1. The van der Waals surface area contributed by atoms with Gasteiger partial charge in [-0.15, -0.1) is 0 Å². The van der Waals surface area contributed by atoms with Crippen LogP contribution in [0.1, 0.15) is 34.8 Å². The normalized spacial score (nSPS) is 16.3. The molecular formula is C22H20F2N6O3S. The summed E-state index contributed by atoms with van der Waals surface area (Å²) in [7, 11) is -2.81. The summed E-state index contributed by atoms with van der Waals surface area (Å²) in [6.45, 7) is 0.391. The van der Waals surface area contributed by atoms with Crippen LogP contribution in [-0.4, -0.2) is 40.3 Å². The van der Waals surface area contributed by atoms with Crippen molar-refractivity contribution in [1.29, 1.82) is 0 Å². The highest BCUT2D eigenvalue weighted by molar-refractivity contribution is 7.90. The van der Waals surface area contributed by atoms with E-state index < -0.39 is 33.6 Å². The van der Waals surface area contributed by atoms with Gasteiger partial charge in [-0.05, 0) is 43.2 Å². The summed E-state index contributed by atoms with van der Waals surface area (Å²) >= 11 is 0. The van der Waals surface area contributed by atoms with E-state index in [0.717, 1.165) is 18.2 Å². The number of hydrogen-bond donors (Lipinski definition) is 1. The van der Waals surface area contributed by atoms with E-state index in [-0.39, 0.29) is 21.8 Å². The van der Waals surface area contributed by atoms with Crippen molar-refractivity contribution >= 4 is 27.3 Å². The second-order valence-corrected chi connectivity index (χ2v) is 9.68. The molecule has 1 amide bonds. The number of carbonyl (C=O) groups excluding carboxylic acids is 1. The standard InChI is InChI=1S/C22H20F2N6O3S/c1-28-13-20(34(32,33)27-22(31)16-12-25-30-10-3-2-5-19(16)30)21(26-28)29-9-4-6-18(29)15-11-14(23)7-8-17(15)24/h2-3,5,7-8,10-13,18H,4,6,9H2,1H3,(H,27,31)/t18-/m1/s1. The van der Waals surface area contributed by atoms with Crippen molar-refractivity contribution in [2.45, 2.75) is 23.8 Å². The van der Waals surface area contributed by atoms with E-state index in [2.05, 4.69) is 14.9 Å². The molecule has 1 atom stereocenters. The minimum atomic E-state index is -4.35. The maximum atomic E-state index is 14.5. The van der Waals surface area contributed by atoms with Crippen molar-refractivity contribution in [3.63, 3.8) is 0 Å². The predicted molar refractivity (Wildman–Crippen MR) is 119 cm³/mol. The fourth-order valence-corrected chi connectivity index (χ4v) is 5.45. The summed E-state index contributed by atoms with van der Waals surface area (Å²) in [6.07, 6.45) is 5.32. The third-order valence-corrected chi connectivity index (χ3v) is 7.13. The zero-order valence-corrected chi connectivity index (χ0v) is 18.8. The Hall–Kier alpha value is -3.80. The van der Waals surface area contributed by atoms with Crippen molar-refractivity contribution in [1.82, 2.24) is 24.1 Å². The molecule has 34 heavy (non-hydrogen) atoms. The number of nitrogens with zero attached hydrogens (tertiary/aromatic N) is 5. The Kier molecular flexibility index (Phi) is 5.31. The number of anilines is 1. The third-order valence-electron chi connectivity index (χ3n) is 5.81. The summed E-state index contributed by atoms with van der Waals surface area (Å²) in [4.78, 5) is 14.2. The highest BCUT2D eigenvalue weighted by Gasteiger charge is 2.35. The lowest BCUT2D eigenvalue weighted by Gasteiger charge is -2.26. The molecule has 0 saturated carbocycles. The molecule has 0 radical (unpaired) electrons. The van der Waals surface area contributed by atoms with Gasteiger partial charge in [-0.2, -0.15) is 10.2 Å². The van der Waals surface area contributed by atoms with Crippen LogP contribution in [0.3, 0.4) is 0 Å². The second-order valence-electron chi connectivity index (χ2n) is 8.03. The van der Waals surface area contributed by atoms with Crippen LogP contribution in [0.15, 0.2) is 59.9 Å². The average molecular weight is 487 g/mol. The SMILES string of the molecule is Cn1cc(S(=O)(=O)NC(=O)c2cnn3ccccc23)c(N2CCC[C@@H]2c2cc(F)ccc2F)n1. The van der Waals surface area contributed by atoms with Gasteiger partial charge in [-0.3, -0.25) is 9.48 Å². The first-order chi connectivity index (χ1) is 16.2. The Morgan fingerprint density at radius 2 is 2.03 bits per heavy atom. The molecule has 4 heterocycles. The Labute approximate surface area is 193 Å². The molecule has 1 fully saturated rings. The second kappa shape index (κ2) is 8.20. The zero-order chi connectivity index (χ0) is 24.0. The summed E-state index contributed by atoms with van der Waals surface area (Å²) in [6, 6.07) is 7.68. The zero-order valence-electron chi connectivity index (χ0n) is 18.0. The largest absolute Gasteiger partial charge is 0.347 e. The number of nitrogens with one attached hydrogen (secondary N) is 1. The molecule has 0 unspecified atom stereocenters. The van der Waals surface area contributed by atoms with Crippen LogP contribution in [0.25, 0.3) is 5.52 Å². The fourth-order valence-electron chi connectivity index (χ4n) is 4.30. The van der Waals surface area contributed by atoms with Gasteiger partial charge in [0.15, 0.2) is 5.82 Å². The van der Waals surface area contributed by atoms with E-state index in [1.54, 1.807) is 36.3 Å². The Morgan fingerprint density at radius 3 is 2.85 bits per heavy atom. The average Bonchev–Trinajstić information content (AvgIpc) is 3.52. The highest BCUT2D eigenvalue weighted by atomic mass is 32.2. The summed E-state index contributed by atoms with van der Waals surface area (Å²) < 4.78 is 59.7. The minimum Gasteiger partial charge on any atom is -0.347 e. The van der Waals surface area contributed by atoms with Crippen LogP contribution in [0, 0.1) is 11.6 Å². The quantitative estimate of drug-likeness (QED) is 0.466. The first-order valence-corrected chi connectivity index (χ1v) is 12.0. The molecule has 1 aliphatic rings. The van der Waals surface area contributed by atoms with Gasteiger partial charge in [-0.1, -0.05) is 6.07 Å². The van der Waals surface area contributed by atoms with Gasteiger partial charge < -0.3 is 4.90 Å². The topological polar surface area (TPSA) is 102 Å². The first-order valence-electron chi connectivity index (χ1n) is 10.5. The minimum absolute atomic E-state index is 0.0637. The number of pyridine rings is 1. The van der Waals surface area contributed by atoms with Crippen molar-refractivity contribution in [2.24, 2.45) is 7.05 Å². The lowest BCUT2D eigenvalue weighted by Crippen LogP contribution is -2.32. The number of benzene rings is 1. The van der Waals surface area contributed by atoms with Crippen molar-refractivity contribution in [2.75, 3.05) is 11.4 Å². The van der Waals surface area contributed by atoms with Crippen LogP contribution in [-0.2, 0) is 17.1 Å². The number of halogens is 2. The van der Waals surface area contributed by atoms with Gasteiger partial charge >= 0.3 is 0 Å². The third kappa shape index (κ3) is 3.79. The number of hydrogen-bond acceptors (Lipinski definition) is 6. The van der Waals surface area contributed by atoms with Crippen LogP contribution < -0.4 is 9.62 Å². The van der Waals surface area contributed by atoms with Gasteiger partial charge in [-0.25, -0.2) is 26.4 Å². The highest BCUT2D eigenvalue weighted by Crippen LogP contribution is 2.39. The van der Waals surface area contributed by atoms with Crippen LogP contribution >= 0.6 is 0 Å². The van der Waals surface area contributed by atoms with E-state index in [4.69, 9.17) is 0 Å². The molecule has 176 valence electrons. The number of aromatic nitrogens is 4. The van der Waals surface area contributed by atoms with E-state index in [0.29, 0.717) is 24.9 Å². The molecule has 1 aromatic carbocycles. The van der Waals surface area contributed by atoms with Gasteiger partial charge in [0.25, 0.3) is 15.9 Å². The number of aryl methyl sites for hydroxylation is 1. The summed E-state index contributed by atoms with van der Waals surface area (Å²) in [5.41, 5.74) is 0.667. The Bertz CT molecular complexity index is 1510. The molecule has 0 spiro atoms. The number of amides is 1. The summed E-state index contributed by atoms with van der Waals surface area (Å²) in [5.74, 6) is -1.95. The van der Waals surface area contributed by atoms with Gasteiger partial charge in [0.05, 0.1) is 23.3 Å². The number of fused-ring (bicyclic) bond motifs is 1. The molecule has 1 N–H and O–H groups in total. The molecule has 4 aromatic rings. The molecule has 3 aromatic heterocycles. The Balaban J connectivity index is 1.49. The number of rotatable bonds is 5. The predicted octanol–water partition coefficient (Wildman–Crippen LogP) is 2.81. The van der Waals surface area contributed by atoms with E-state index in [1.165, 1.54) is 21.6 Å². The van der Waals surface area contributed by atoms with E-state index >= 15 is 0 Å². The van der Waals surface area contributed by atoms with Crippen LogP contribution in [0.5, 0.6) is 0 Å². The summed E-state index contributed by atoms with van der Waals surface area (Å²) in [5, 5.41) is 8.34. The molecular weight excluding hydrogens is 466 g/mol. The lowest BCUT2D eigenvalue weighted by molar-refractivity contribution is 0.0983. The van der Waals surface area contributed by atoms with Crippen LogP contribution in [0.4, 0.5) is 14.6 Å². The first kappa shape index (κ1) is 22.0. The lowest BCUT2D eigenvalue weighted by atomic mass is 10.0. The molecule has 0 aliphatic carbocycles. The van der Waals surface area contributed by atoms with Crippen molar-refractivity contribution < 1.29 is 22.0 Å². The molecule has 12 heteroatoms. The van der Waals surface area contributed by atoms with E-state index in [9.17, 15) is 22.0 Å². The van der Waals surface area contributed by atoms with Crippen molar-refractivity contribution in [3.05, 3.63) is 77.8 Å². The van der Waals surface area contributed by atoms with Crippen molar-refractivity contribution in [3.8, 4) is 0 Å². The molecule has 1 aliphatic heterocycles.